The fraction of sp³-hybridized carbons (Fsp3) is 1.00. The molecule has 1 aliphatic carbocycles. The van der Waals surface area contributed by atoms with Gasteiger partial charge in [-0.15, -0.1) is 0 Å². The zero-order chi connectivity index (χ0) is 11.3. The first-order chi connectivity index (χ1) is 7.08. The predicted molar refractivity (Wildman–Crippen MR) is 55.0 cm³/mol. The molecule has 0 saturated heterocycles. The third kappa shape index (κ3) is 5.44. The molecular formula is C11H21FO3. The molecule has 1 fully saturated rings. The summed E-state index contributed by atoms with van der Waals surface area (Å²) in [4.78, 5) is 0. The first-order valence-corrected chi connectivity index (χ1v) is 5.67. The predicted octanol–water partition coefficient (Wildman–Crippen LogP) is 2.23. The second-order valence-corrected chi connectivity index (χ2v) is 4.25. The highest BCUT2D eigenvalue weighted by Crippen LogP contribution is 2.27. The molecule has 1 rings (SSSR count). The topological polar surface area (TPSA) is 38.7 Å². The molecule has 2 unspecified atom stereocenters. The lowest BCUT2D eigenvalue weighted by atomic mass is 9.88. The third-order valence-electron chi connectivity index (χ3n) is 2.75. The largest absolute Gasteiger partial charge is 0.368 e. The molecule has 0 aromatic heterocycles. The molecule has 15 heavy (non-hydrogen) atoms. The first kappa shape index (κ1) is 12.9. The molecule has 0 aliphatic heterocycles. The van der Waals surface area contributed by atoms with Gasteiger partial charge in [-0.3, -0.25) is 0 Å². The van der Waals surface area contributed by atoms with Crippen molar-refractivity contribution in [2.24, 2.45) is 5.92 Å². The van der Waals surface area contributed by atoms with Gasteiger partial charge in [0.1, 0.15) is 0 Å². The van der Waals surface area contributed by atoms with Crippen LogP contribution in [0.1, 0.15) is 39.5 Å². The Morgan fingerprint density at radius 2 is 1.87 bits per heavy atom. The van der Waals surface area contributed by atoms with Crippen molar-refractivity contribution in [1.29, 1.82) is 0 Å². The van der Waals surface area contributed by atoms with Gasteiger partial charge in [0, 0.05) is 0 Å². The van der Waals surface area contributed by atoms with Gasteiger partial charge in [0.2, 0.25) is 0 Å². The van der Waals surface area contributed by atoms with Crippen molar-refractivity contribution in [3.63, 3.8) is 0 Å². The van der Waals surface area contributed by atoms with Crippen LogP contribution in [0.3, 0.4) is 0 Å². The third-order valence-corrected chi connectivity index (χ3v) is 2.75. The van der Waals surface area contributed by atoms with E-state index in [1.807, 2.05) is 0 Å². The van der Waals surface area contributed by atoms with E-state index in [9.17, 15) is 4.39 Å². The van der Waals surface area contributed by atoms with Crippen molar-refractivity contribution in [3.05, 3.63) is 0 Å². The number of rotatable bonds is 5. The van der Waals surface area contributed by atoms with E-state index in [4.69, 9.17) is 14.6 Å². The SMILES string of the molecule is CC(O)OCC1CCC(OC(C)F)CC1. The van der Waals surface area contributed by atoms with E-state index in [0.29, 0.717) is 12.5 Å². The van der Waals surface area contributed by atoms with Gasteiger partial charge in [-0.05, 0) is 45.4 Å². The van der Waals surface area contributed by atoms with Gasteiger partial charge < -0.3 is 14.6 Å². The average molecular weight is 220 g/mol. The minimum Gasteiger partial charge on any atom is -0.368 e. The summed E-state index contributed by atoms with van der Waals surface area (Å²) in [6, 6.07) is 0. The maximum absolute atomic E-state index is 12.6. The maximum atomic E-state index is 12.6. The molecule has 4 heteroatoms. The van der Waals surface area contributed by atoms with Crippen LogP contribution in [0.25, 0.3) is 0 Å². The lowest BCUT2D eigenvalue weighted by molar-refractivity contribution is -0.114. The average Bonchev–Trinajstić information content (AvgIpc) is 2.16. The standard InChI is InChI=1S/C11H21FO3/c1-8(12)15-11-5-3-10(4-6-11)7-14-9(2)13/h8-11,13H,3-7H2,1-2H3. The summed E-state index contributed by atoms with van der Waals surface area (Å²) in [6.07, 6.45) is 1.97. The van der Waals surface area contributed by atoms with E-state index in [-0.39, 0.29) is 6.10 Å². The number of aliphatic hydroxyl groups excluding tert-OH is 1. The van der Waals surface area contributed by atoms with Crippen LogP contribution in [0.5, 0.6) is 0 Å². The quantitative estimate of drug-likeness (QED) is 0.722. The highest BCUT2D eigenvalue weighted by molar-refractivity contribution is 4.72. The lowest BCUT2D eigenvalue weighted by Gasteiger charge is -2.29. The van der Waals surface area contributed by atoms with Gasteiger partial charge in [-0.2, -0.15) is 0 Å². The Morgan fingerprint density at radius 3 is 2.33 bits per heavy atom. The van der Waals surface area contributed by atoms with E-state index < -0.39 is 12.6 Å². The normalized spacial score (nSPS) is 31.2. The van der Waals surface area contributed by atoms with Crippen molar-refractivity contribution in [1.82, 2.24) is 0 Å². The Hall–Kier alpha value is -0.190. The molecule has 0 radical (unpaired) electrons. The van der Waals surface area contributed by atoms with Gasteiger partial charge >= 0.3 is 0 Å². The van der Waals surface area contributed by atoms with E-state index >= 15 is 0 Å². The summed E-state index contributed by atoms with van der Waals surface area (Å²) in [7, 11) is 0. The van der Waals surface area contributed by atoms with Crippen LogP contribution >= 0.6 is 0 Å². The zero-order valence-electron chi connectivity index (χ0n) is 9.49. The van der Waals surface area contributed by atoms with Crippen molar-refractivity contribution in [3.8, 4) is 0 Å². The fourth-order valence-corrected chi connectivity index (χ4v) is 1.98. The van der Waals surface area contributed by atoms with E-state index in [2.05, 4.69) is 0 Å². The minimum absolute atomic E-state index is 0.0628. The van der Waals surface area contributed by atoms with Crippen LogP contribution < -0.4 is 0 Å². The number of alkyl halides is 1. The molecule has 1 saturated carbocycles. The van der Waals surface area contributed by atoms with Crippen LogP contribution in [0.15, 0.2) is 0 Å². The zero-order valence-corrected chi connectivity index (χ0v) is 9.49. The van der Waals surface area contributed by atoms with E-state index in [1.165, 1.54) is 6.92 Å². The fourth-order valence-electron chi connectivity index (χ4n) is 1.98. The van der Waals surface area contributed by atoms with Crippen molar-refractivity contribution in [2.45, 2.75) is 58.3 Å². The second-order valence-electron chi connectivity index (χ2n) is 4.25. The van der Waals surface area contributed by atoms with Gasteiger partial charge in [0.05, 0.1) is 12.7 Å². The lowest BCUT2D eigenvalue weighted by Crippen LogP contribution is -2.26. The smallest absolute Gasteiger partial charge is 0.196 e. The second kappa shape index (κ2) is 6.40. The van der Waals surface area contributed by atoms with Crippen LogP contribution in [-0.2, 0) is 9.47 Å². The number of hydrogen-bond donors (Lipinski definition) is 1. The molecule has 0 aromatic rings. The molecule has 1 N–H and O–H groups in total. The van der Waals surface area contributed by atoms with Crippen molar-refractivity contribution < 1.29 is 19.0 Å². The molecule has 1 aliphatic rings. The van der Waals surface area contributed by atoms with Gasteiger partial charge in [-0.1, -0.05) is 0 Å². The Labute approximate surface area is 90.6 Å². The van der Waals surface area contributed by atoms with Crippen molar-refractivity contribution >= 4 is 0 Å². The molecule has 0 bridgehead atoms. The Kier molecular flexibility index (Phi) is 5.50. The molecular weight excluding hydrogens is 199 g/mol. The first-order valence-electron chi connectivity index (χ1n) is 5.67. The maximum Gasteiger partial charge on any atom is 0.196 e. The number of aliphatic hydroxyl groups is 1. The summed E-state index contributed by atoms with van der Waals surface area (Å²) in [5.41, 5.74) is 0. The molecule has 3 nitrogen and oxygen atoms in total. The number of hydrogen-bond acceptors (Lipinski definition) is 3. The van der Waals surface area contributed by atoms with Crippen LogP contribution in [-0.4, -0.2) is 30.5 Å². The summed E-state index contributed by atoms with van der Waals surface area (Å²) < 4.78 is 22.8. The molecule has 90 valence electrons. The summed E-state index contributed by atoms with van der Waals surface area (Å²) in [6.45, 7) is 3.62. The molecule has 2 atom stereocenters. The van der Waals surface area contributed by atoms with E-state index in [0.717, 1.165) is 25.7 Å². The van der Waals surface area contributed by atoms with Crippen LogP contribution in [0, 0.1) is 5.92 Å². The van der Waals surface area contributed by atoms with Crippen LogP contribution in [0.2, 0.25) is 0 Å². The molecule has 0 amide bonds. The Bertz CT molecular complexity index is 165. The molecule has 0 heterocycles. The summed E-state index contributed by atoms with van der Waals surface area (Å²) in [5.74, 6) is 0.481. The molecule has 0 spiro atoms. The Morgan fingerprint density at radius 1 is 1.27 bits per heavy atom. The van der Waals surface area contributed by atoms with Gasteiger partial charge in [0.25, 0.3) is 0 Å². The van der Waals surface area contributed by atoms with Gasteiger partial charge in [-0.25, -0.2) is 4.39 Å². The number of ether oxygens (including phenoxy) is 2. The Balaban J connectivity index is 2.12. The highest BCUT2D eigenvalue weighted by atomic mass is 19.1. The number of halogens is 1. The van der Waals surface area contributed by atoms with Gasteiger partial charge in [0.15, 0.2) is 12.6 Å². The van der Waals surface area contributed by atoms with Crippen LogP contribution in [0.4, 0.5) is 4.39 Å². The minimum atomic E-state index is -1.17. The highest BCUT2D eigenvalue weighted by Gasteiger charge is 2.23. The summed E-state index contributed by atoms with van der Waals surface area (Å²) >= 11 is 0. The molecule has 0 aromatic carbocycles. The van der Waals surface area contributed by atoms with E-state index in [1.54, 1.807) is 6.92 Å². The summed E-state index contributed by atoms with van der Waals surface area (Å²) in [5, 5.41) is 8.96. The van der Waals surface area contributed by atoms with Crippen molar-refractivity contribution in [2.75, 3.05) is 6.61 Å². The monoisotopic (exact) mass is 220 g/mol.